The summed E-state index contributed by atoms with van der Waals surface area (Å²) in [5, 5.41) is 6.15. The summed E-state index contributed by atoms with van der Waals surface area (Å²) in [6.45, 7) is 5.08. The van der Waals surface area contributed by atoms with E-state index in [9.17, 15) is 13.2 Å². The Kier molecular flexibility index (Phi) is 9.30. The number of nitrogens with two attached hydrogens (primary N) is 1. The van der Waals surface area contributed by atoms with Crippen LogP contribution in [0.5, 0.6) is 5.75 Å². The summed E-state index contributed by atoms with van der Waals surface area (Å²) in [4.78, 5) is 8.71. The fraction of sp³-hybridized carbons (Fsp3) is 0.412. The maximum Gasteiger partial charge on any atom is 0.573 e. The van der Waals surface area contributed by atoms with Gasteiger partial charge in [0.2, 0.25) is 0 Å². The number of aromatic nitrogens is 1. The molecule has 2 aromatic rings. The van der Waals surface area contributed by atoms with Crippen molar-refractivity contribution in [2.45, 2.75) is 39.1 Å². The van der Waals surface area contributed by atoms with E-state index >= 15 is 0 Å². The molecular formula is C17H22F3IN4OS. The number of hydrogen-bond donors (Lipinski definition) is 2. The Labute approximate surface area is 177 Å². The van der Waals surface area contributed by atoms with E-state index in [-0.39, 0.29) is 42.2 Å². The molecule has 0 spiro atoms. The van der Waals surface area contributed by atoms with Crippen LogP contribution in [0.25, 0.3) is 0 Å². The molecule has 0 aliphatic heterocycles. The van der Waals surface area contributed by atoms with Gasteiger partial charge in [-0.3, -0.25) is 0 Å². The highest BCUT2D eigenvalue weighted by molar-refractivity contribution is 14.0. The van der Waals surface area contributed by atoms with Gasteiger partial charge in [0.15, 0.2) is 5.96 Å². The van der Waals surface area contributed by atoms with Gasteiger partial charge in [0.05, 0.1) is 17.2 Å². The van der Waals surface area contributed by atoms with E-state index in [1.54, 1.807) is 11.3 Å². The molecule has 1 aromatic carbocycles. The van der Waals surface area contributed by atoms with Crippen LogP contribution in [0.2, 0.25) is 0 Å². The van der Waals surface area contributed by atoms with Crippen molar-refractivity contribution in [1.29, 1.82) is 0 Å². The van der Waals surface area contributed by atoms with Gasteiger partial charge in [-0.25, -0.2) is 9.98 Å². The van der Waals surface area contributed by atoms with Gasteiger partial charge in [-0.2, -0.15) is 0 Å². The van der Waals surface area contributed by atoms with Crippen molar-refractivity contribution < 1.29 is 17.9 Å². The van der Waals surface area contributed by atoms with Crippen molar-refractivity contribution in [2.24, 2.45) is 10.7 Å². The highest BCUT2D eigenvalue weighted by atomic mass is 127. The molecule has 27 heavy (non-hydrogen) atoms. The van der Waals surface area contributed by atoms with Gasteiger partial charge in [0.25, 0.3) is 0 Å². The molecule has 1 aromatic heterocycles. The predicted octanol–water partition coefficient (Wildman–Crippen LogP) is 4.43. The molecule has 0 radical (unpaired) electrons. The molecule has 0 amide bonds. The SMILES string of the molecule is CC(C)c1nc(CCNC(N)=NCc2ccc(OC(F)(F)F)cc2)cs1.I. The maximum absolute atomic E-state index is 12.1. The lowest BCUT2D eigenvalue weighted by Crippen LogP contribution is -2.33. The molecule has 150 valence electrons. The minimum absolute atomic E-state index is 0. The van der Waals surface area contributed by atoms with Crippen molar-refractivity contribution in [3.63, 3.8) is 0 Å². The number of rotatable bonds is 7. The Hall–Kier alpha value is -1.56. The molecule has 0 aliphatic rings. The standard InChI is InChI=1S/C17H21F3N4OS.HI/c1-11(2)15-24-13(10-26-15)7-8-22-16(21)23-9-12-3-5-14(6-4-12)25-17(18,19)20;/h3-6,10-11H,7-9H2,1-2H3,(H3,21,22,23);1H. The zero-order valence-electron chi connectivity index (χ0n) is 14.9. The largest absolute Gasteiger partial charge is 0.573 e. The van der Waals surface area contributed by atoms with E-state index in [1.165, 1.54) is 24.3 Å². The Morgan fingerprint density at radius 1 is 1.30 bits per heavy atom. The molecular weight excluding hydrogens is 492 g/mol. The second-order valence-electron chi connectivity index (χ2n) is 5.90. The molecule has 0 saturated heterocycles. The number of ether oxygens (including phenoxy) is 1. The van der Waals surface area contributed by atoms with Crippen LogP contribution in [-0.2, 0) is 13.0 Å². The smallest absolute Gasteiger partial charge is 0.406 e. The predicted molar refractivity (Wildman–Crippen MR) is 112 cm³/mol. The number of nitrogens with one attached hydrogen (secondary N) is 1. The van der Waals surface area contributed by atoms with Crippen LogP contribution in [0, 0.1) is 0 Å². The fourth-order valence-corrected chi connectivity index (χ4v) is 2.92. The Morgan fingerprint density at radius 2 is 1.96 bits per heavy atom. The van der Waals surface area contributed by atoms with Crippen molar-refractivity contribution in [2.75, 3.05) is 6.54 Å². The number of alkyl halides is 3. The summed E-state index contributed by atoms with van der Waals surface area (Å²) >= 11 is 1.65. The Balaban J connectivity index is 0.00000364. The van der Waals surface area contributed by atoms with Gasteiger partial charge in [0.1, 0.15) is 5.75 Å². The summed E-state index contributed by atoms with van der Waals surface area (Å²) in [5.74, 6) is 0.432. The third kappa shape index (κ3) is 8.78. The number of nitrogens with zero attached hydrogens (tertiary/aromatic N) is 2. The van der Waals surface area contributed by atoms with Crippen molar-refractivity contribution >= 4 is 41.3 Å². The molecule has 5 nitrogen and oxygen atoms in total. The third-order valence-corrected chi connectivity index (χ3v) is 4.53. The number of halogens is 4. The minimum Gasteiger partial charge on any atom is -0.406 e. The second kappa shape index (κ2) is 10.7. The van der Waals surface area contributed by atoms with Crippen LogP contribution >= 0.6 is 35.3 Å². The van der Waals surface area contributed by atoms with Gasteiger partial charge >= 0.3 is 6.36 Å². The second-order valence-corrected chi connectivity index (χ2v) is 6.79. The van der Waals surface area contributed by atoms with E-state index in [0.717, 1.165) is 22.7 Å². The molecule has 0 aliphatic carbocycles. The number of thiazole rings is 1. The Morgan fingerprint density at radius 3 is 2.52 bits per heavy atom. The first kappa shape index (κ1) is 23.5. The number of benzene rings is 1. The summed E-state index contributed by atoms with van der Waals surface area (Å²) in [6, 6.07) is 5.52. The molecule has 0 bridgehead atoms. The van der Waals surface area contributed by atoms with Gasteiger partial charge in [-0.15, -0.1) is 48.5 Å². The summed E-state index contributed by atoms with van der Waals surface area (Å²) in [6.07, 6.45) is -3.95. The topological polar surface area (TPSA) is 72.5 Å². The number of guanidine groups is 1. The molecule has 0 atom stereocenters. The lowest BCUT2D eigenvalue weighted by atomic mass is 10.2. The van der Waals surface area contributed by atoms with E-state index in [1.807, 2.05) is 5.38 Å². The van der Waals surface area contributed by atoms with Crippen molar-refractivity contribution in [3.05, 3.63) is 45.9 Å². The fourth-order valence-electron chi connectivity index (χ4n) is 2.05. The van der Waals surface area contributed by atoms with Gasteiger partial charge in [0, 0.05) is 24.3 Å². The first-order chi connectivity index (χ1) is 12.2. The molecule has 3 N–H and O–H groups in total. The maximum atomic E-state index is 12.1. The normalized spacial score (nSPS) is 12.0. The van der Waals surface area contributed by atoms with E-state index in [0.29, 0.717) is 12.5 Å². The van der Waals surface area contributed by atoms with Crippen LogP contribution in [0.15, 0.2) is 34.6 Å². The summed E-state index contributed by atoms with van der Waals surface area (Å²) in [5.41, 5.74) is 7.54. The third-order valence-electron chi connectivity index (χ3n) is 3.34. The molecule has 1 heterocycles. The highest BCUT2D eigenvalue weighted by Crippen LogP contribution is 2.23. The monoisotopic (exact) mass is 514 g/mol. The summed E-state index contributed by atoms with van der Waals surface area (Å²) < 4.78 is 40.1. The Bertz CT molecular complexity index is 733. The molecule has 0 saturated carbocycles. The zero-order chi connectivity index (χ0) is 19.2. The van der Waals surface area contributed by atoms with Crippen molar-refractivity contribution in [3.8, 4) is 5.75 Å². The van der Waals surface area contributed by atoms with E-state index in [2.05, 4.69) is 33.9 Å². The van der Waals surface area contributed by atoms with Crippen molar-refractivity contribution in [1.82, 2.24) is 10.3 Å². The van der Waals surface area contributed by atoms with Crippen LogP contribution in [0.3, 0.4) is 0 Å². The highest BCUT2D eigenvalue weighted by Gasteiger charge is 2.30. The molecule has 0 fully saturated rings. The van der Waals surface area contributed by atoms with Gasteiger partial charge in [-0.05, 0) is 17.7 Å². The molecule has 10 heteroatoms. The first-order valence-corrected chi connectivity index (χ1v) is 8.93. The average Bonchev–Trinajstić information content (AvgIpc) is 3.02. The van der Waals surface area contributed by atoms with Gasteiger partial charge < -0.3 is 15.8 Å². The van der Waals surface area contributed by atoms with Crippen LogP contribution in [-0.4, -0.2) is 23.9 Å². The average molecular weight is 514 g/mol. The number of aliphatic imine (C=N–C) groups is 1. The number of hydrogen-bond acceptors (Lipinski definition) is 4. The minimum atomic E-state index is -4.69. The molecule has 0 unspecified atom stereocenters. The lowest BCUT2D eigenvalue weighted by Gasteiger charge is -2.09. The lowest BCUT2D eigenvalue weighted by molar-refractivity contribution is -0.274. The zero-order valence-corrected chi connectivity index (χ0v) is 18.1. The van der Waals surface area contributed by atoms with Crippen LogP contribution in [0.4, 0.5) is 13.2 Å². The summed E-state index contributed by atoms with van der Waals surface area (Å²) in [7, 11) is 0. The van der Waals surface area contributed by atoms with E-state index < -0.39 is 6.36 Å². The van der Waals surface area contributed by atoms with E-state index in [4.69, 9.17) is 5.73 Å². The first-order valence-electron chi connectivity index (χ1n) is 8.05. The van der Waals surface area contributed by atoms with Crippen LogP contribution in [0.1, 0.15) is 36.0 Å². The molecule has 2 rings (SSSR count). The van der Waals surface area contributed by atoms with Crippen LogP contribution < -0.4 is 15.8 Å². The quantitative estimate of drug-likeness (QED) is 0.326. The van der Waals surface area contributed by atoms with Gasteiger partial charge in [-0.1, -0.05) is 26.0 Å².